The molecule has 0 saturated heterocycles. The highest BCUT2D eigenvalue weighted by Crippen LogP contribution is 2.32. The Morgan fingerprint density at radius 3 is 2.32 bits per heavy atom. The van der Waals surface area contributed by atoms with Gasteiger partial charge in [0.2, 0.25) is 0 Å². The van der Waals surface area contributed by atoms with Crippen LogP contribution in [0.2, 0.25) is 0 Å². The number of carbonyl (C=O) groups excluding carboxylic acids is 1. The van der Waals surface area contributed by atoms with Gasteiger partial charge >= 0.3 is 5.97 Å². The molecule has 0 saturated carbocycles. The summed E-state index contributed by atoms with van der Waals surface area (Å²) in [5, 5.41) is 9.25. The third kappa shape index (κ3) is 2.92. The van der Waals surface area contributed by atoms with Gasteiger partial charge in [0.05, 0.1) is 5.92 Å². The van der Waals surface area contributed by atoms with E-state index in [0.29, 0.717) is 18.4 Å². The van der Waals surface area contributed by atoms with Crippen LogP contribution in [0.15, 0.2) is 35.9 Å². The molecule has 1 aromatic rings. The van der Waals surface area contributed by atoms with Crippen LogP contribution < -0.4 is 0 Å². The van der Waals surface area contributed by atoms with Crippen LogP contribution >= 0.6 is 0 Å². The molecule has 0 spiro atoms. The summed E-state index contributed by atoms with van der Waals surface area (Å²) in [6, 6.07) is 7.33. The second kappa shape index (κ2) is 5.39. The van der Waals surface area contributed by atoms with Crippen LogP contribution in [0.3, 0.4) is 0 Å². The van der Waals surface area contributed by atoms with E-state index in [4.69, 9.17) is 0 Å². The smallest absolute Gasteiger partial charge is 0.307 e. The molecular formula is C16H18O3. The second-order valence-electron chi connectivity index (χ2n) is 5.27. The third-order valence-corrected chi connectivity index (χ3v) is 3.74. The molecule has 1 aliphatic rings. The van der Waals surface area contributed by atoms with Gasteiger partial charge < -0.3 is 5.11 Å². The zero-order chi connectivity index (χ0) is 14.0. The van der Waals surface area contributed by atoms with Crippen molar-refractivity contribution < 1.29 is 14.7 Å². The number of hydrogen-bond acceptors (Lipinski definition) is 2. The number of carboxylic acids is 1. The molecule has 1 aromatic carbocycles. The summed E-state index contributed by atoms with van der Waals surface area (Å²) >= 11 is 0. The minimum Gasteiger partial charge on any atom is -0.481 e. The van der Waals surface area contributed by atoms with Crippen LogP contribution in [-0.4, -0.2) is 16.9 Å². The standard InChI is InChI=1S/C16H18O3/c1-10-3-6-12(7-4-10)15(17)14-9-11(2)5-8-13(14)16(18)19/h3-7,13-14H,8-9H2,1-2H3,(H,18,19)/t13-,14-/m0/s1. The van der Waals surface area contributed by atoms with E-state index in [-0.39, 0.29) is 5.78 Å². The van der Waals surface area contributed by atoms with E-state index < -0.39 is 17.8 Å². The summed E-state index contributed by atoms with van der Waals surface area (Å²) < 4.78 is 0. The number of aryl methyl sites for hydroxylation is 1. The lowest BCUT2D eigenvalue weighted by Gasteiger charge is -2.26. The molecule has 1 N–H and O–H groups in total. The van der Waals surface area contributed by atoms with Gasteiger partial charge in [0.1, 0.15) is 0 Å². The Balaban J connectivity index is 2.27. The average Bonchev–Trinajstić information content (AvgIpc) is 2.38. The molecule has 3 nitrogen and oxygen atoms in total. The number of hydrogen-bond donors (Lipinski definition) is 1. The predicted molar refractivity (Wildman–Crippen MR) is 73.1 cm³/mol. The quantitative estimate of drug-likeness (QED) is 0.669. The lowest BCUT2D eigenvalue weighted by molar-refractivity contribution is -0.143. The fourth-order valence-corrected chi connectivity index (χ4v) is 2.55. The molecule has 2 rings (SSSR count). The number of Topliss-reactive ketones (excluding diaryl/α,β-unsaturated/α-hetero) is 1. The zero-order valence-electron chi connectivity index (χ0n) is 11.2. The largest absolute Gasteiger partial charge is 0.481 e. The van der Waals surface area contributed by atoms with Crippen molar-refractivity contribution in [3.8, 4) is 0 Å². The molecule has 0 aliphatic heterocycles. The average molecular weight is 258 g/mol. The van der Waals surface area contributed by atoms with Gasteiger partial charge in [0.25, 0.3) is 0 Å². The normalized spacial score (nSPS) is 22.7. The number of ketones is 1. The highest BCUT2D eigenvalue weighted by atomic mass is 16.4. The molecule has 0 bridgehead atoms. The highest BCUT2D eigenvalue weighted by molar-refractivity contribution is 6.00. The molecule has 0 aromatic heterocycles. The highest BCUT2D eigenvalue weighted by Gasteiger charge is 2.35. The topological polar surface area (TPSA) is 54.4 Å². The molecule has 19 heavy (non-hydrogen) atoms. The van der Waals surface area contributed by atoms with Crippen molar-refractivity contribution in [2.45, 2.75) is 26.7 Å². The van der Waals surface area contributed by atoms with E-state index in [9.17, 15) is 14.7 Å². The predicted octanol–water partition coefficient (Wildman–Crippen LogP) is 3.23. The maximum absolute atomic E-state index is 12.5. The van der Waals surface area contributed by atoms with E-state index in [1.807, 2.05) is 32.1 Å². The van der Waals surface area contributed by atoms with Crippen molar-refractivity contribution >= 4 is 11.8 Å². The second-order valence-corrected chi connectivity index (χ2v) is 5.27. The summed E-state index contributed by atoms with van der Waals surface area (Å²) in [5.41, 5.74) is 2.80. The van der Waals surface area contributed by atoms with Crippen molar-refractivity contribution in [1.29, 1.82) is 0 Å². The van der Waals surface area contributed by atoms with Crippen molar-refractivity contribution in [1.82, 2.24) is 0 Å². The molecule has 3 heteroatoms. The van der Waals surface area contributed by atoms with E-state index in [1.165, 1.54) is 0 Å². The minimum absolute atomic E-state index is 0.0557. The van der Waals surface area contributed by atoms with Gasteiger partial charge in [-0.3, -0.25) is 9.59 Å². The number of aliphatic carboxylic acids is 1. The molecule has 0 heterocycles. The maximum atomic E-state index is 12.5. The summed E-state index contributed by atoms with van der Waals surface area (Å²) in [6.45, 7) is 3.91. The Bertz CT molecular complexity index is 525. The van der Waals surface area contributed by atoms with Gasteiger partial charge in [-0.2, -0.15) is 0 Å². The lowest BCUT2D eigenvalue weighted by atomic mass is 9.76. The monoisotopic (exact) mass is 258 g/mol. The van der Waals surface area contributed by atoms with Crippen LogP contribution in [0.5, 0.6) is 0 Å². The van der Waals surface area contributed by atoms with Crippen LogP contribution in [0.4, 0.5) is 0 Å². The molecule has 0 radical (unpaired) electrons. The zero-order valence-corrected chi connectivity index (χ0v) is 11.2. The van der Waals surface area contributed by atoms with E-state index in [1.54, 1.807) is 12.1 Å². The molecule has 100 valence electrons. The van der Waals surface area contributed by atoms with Gasteiger partial charge in [-0.25, -0.2) is 0 Å². The summed E-state index contributed by atoms with van der Waals surface area (Å²) in [6.07, 6.45) is 2.92. The molecular weight excluding hydrogens is 240 g/mol. The number of allylic oxidation sites excluding steroid dienone is 2. The Morgan fingerprint density at radius 2 is 1.74 bits per heavy atom. The Labute approximate surface area is 113 Å². The third-order valence-electron chi connectivity index (χ3n) is 3.74. The molecule has 2 atom stereocenters. The molecule has 0 amide bonds. The van der Waals surface area contributed by atoms with Crippen molar-refractivity contribution in [3.05, 3.63) is 47.0 Å². The first kappa shape index (κ1) is 13.5. The number of carbonyl (C=O) groups is 2. The van der Waals surface area contributed by atoms with Crippen LogP contribution in [0.25, 0.3) is 0 Å². The number of carboxylic acid groups (broad SMARTS) is 1. The van der Waals surface area contributed by atoms with Gasteiger partial charge in [-0.1, -0.05) is 41.5 Å². The SMILES string of the molecule is CC1=CC[C@H](C(=O)O)[C@@H](C(=O)c2ccc(C)cc2)C1. The number of rotatable bonds is 3. The number of benzene rings is 1. The molecule has 1 aliphatic carbocycles. The summed E-state index contributed by atoms with van der Waals surface area (Å²) in [5.74, 6) is -1.98. The van der Waals surface area contributed by atoms with E-state index >= 15 is 0 Å². The lowest BCUT2D eigenvalue weighted by Crippen LogP contribution is -2.32. The molecule has 0 unspecified atom stereocenters. The first-order valence-corrected chi connectivity index (χ1v) is 6.48. The fourth-order valence-electron chi connectivity index (χ4n) is 2.55. The summed E-state index contributed by atoms with van der Waals surface area (Å²) in [7, 11) is 0. The van der Waals surface area contributed by atoms with Crippen LogP contribution in [-0.2, 0) is 4.79 Å². The first-order valence-electron chi connectivity index (χ1n) is 6.48. The molecule has 0 fully saturated rings. The van der Waals surface area contributed by atoms with Gasteiger partial charge in [-0.05, 0) is 26.7 Å². The fraction of sp³-hybridized carbons (Fsp3) is 0.375. The van der Waals surface area contributed by atoms with Gasteiger partial charge in [-0.15, -0.1) is 0 Å². The van der Waals surface area contributed by atoms with E-state index in [0.717, 1.165) is 11.1 Å². The Morgan fingerprint density at radius 1 is 1.11 bits per heavy atom. The maximum Gasteiger partial charge on any atom is 0.307 e. The Hall–Kier alpha value is -1.90. The van der Waals surface area contributed by atoms with E-state index in [2.05, 4.69) is 0 Å². The first-order chi connectivity index (χ1) is 8.99. The summed E-state index contributed by atoms with van der Waals surface area (Å²) in [4.78, 5) is 23.8. The van der Waals surface area contributed by atoms with Gasteiger partial charge in [0.15, 0.2) is 5.78 Å². The minimum atomic E-state index is -0.880. The van der Waals surface area contributed by atoms with Crippen molar-refractivity contribution in [2.24, 2.45) is 11.8 Å². The van der Waals surface area contributed by atoms with Crippen LogP contribution in [0, 0.1) is 18.8 Å². The van der Waals surface area contributed by atoms with Crippen molar-refractivity contribution in [2.75, 3.05) is 0 Å². The van der Waals surface area contributed by atoms with Crippen LogP contribution in [0.1, 0.15) is 35.7 Å². The Kier molecular flexibility index (Phi) is 3.84. The van der Waals surface area contributed by atoms with Crippen molar-refractivity contribution in [3.63, 3.8) is 0 Å². The van der Waals surface area contributed by atoms with Gasteiger partial charge in [0, 0.05) is 11.5 Å².